The molecular weight excluding hydrogens is 622 g/mol. The van der Waals surface area contributed by atoms with Gasteiger partial charge in [0.25, 0.3) is 0 Å². The van der Waals surface area contributed by atoms with Gasteiger partial charge in [-0.25, -0.2) is 15.0 Å². The van der Waals surface area contributed by atoms with Crippen LogP contribution in [0.4, 0.5) is 0 Å². The fourth-order valence-electron chi connectivity index (χ4n) is 6.04. The molecule has 0 spiro atoms. The minimum atomic E-state index is 0.113. The summed E-state index contributed by atoms with van der Waals surface area (Å²) in [6.07, 6.45) is 13.8. The van der Waals surface area contributed by atoms with Crippen LogP contribution in [0.1, 0.15) is 120 Å². The Morgan fingerprint density at radius 1 is 0.480 bits per heavy atom. The Labute approximate surface area is 300 Å². The van der Waals surface area contributed by atoms with Crippen molar-refractivity contribution in [3.63, 3.8) is 0 Å². The highest BCUT2D eigenvalue weighted by atomic mass is 16.5. The molecule has 0 saturated heterocycles. The molecule has 0 aliphatic rings. The van der Waals surface area contributed by atoms with Gasteiger partial charge in [-0.3, -0.25) is 0 Å². The molecule has 0 aliphatic carbocycles. The minimum absolute atomic E-state index is 0.113. The number of nitrogens with zero attached hydrogens (tertiary/aromatic N) is 3. The van der Waals surface area contributed by atoms with Crippen LogP contribution < -0.4 is 14.2 Å². The lowest BCUT2D eigenvalue weighted by Gasteiger charge is -2.16. The molecule has 3 aromatic carbocycles. The first-order valence-electron chi connectivity index (χ1n) is 19.0. The smallest absolute Gasteiger partial charge is 0.167 e. The van der Waals surface area contributed by atoms with E-state index < -0.39 is 0 Å². The van der Waals surface area contributed by atoms with Gasteiger partial charge >= 0.3 is 0 Å². The molecule has 1 aromatic heterocycles. The number of rotatable bonds is 21. The number of aromatic nitrogens is 3. The Kier molecular flexibility index (Phi) is 15.4. The third-order valence-corrected chi connectivity index (χ3v) is 9.44. The van der Waals surface area contributed by atoms with E-state index in [9.17, 15) is 5.11 Å². The van der Waals surface area contributed by atoms with E-state index in [0.717, 1.165) is 65.0 Å². The van der Waals surface area contributed by atoms with Crippen LogP contribution in [0.5, 0.6) is 23.0 Å². The fraction of sp³-hybridized carbons (Fsp3) is 0.512. The van der Waals surface area contributed by atoms with Crippen LogP contribution in [-0.2, 0) is 0 Å². The maximum absolute atomic E-state index is 11.5. The van der Waals surface area contributed by atoms with Crippen LogP contribution in [0.3, 0.4) is 0 Å². The predicted octanol–water partition coefficient (Wildman–Crippen LogP) is 11.7. The van der Waals surface area contributed by atoms with Gasteiger partial charge in [-0.1, -0.05) is 78.6 Å². The predicted molar refractivity (Wildman–Crippen MR) is 206 cm³/mol. The van der Waals surface area contributed by atoms with E-state index in [1.54, 1.807) is 0 Å². The van der Waals surface area contributed by atoms with E-state index in [2.05, 4.69) is 47.6 Å². The number of ether oxygens (including phenoxy) is 3. The standard InChI is InChI=1S/C43H59N3O4/c1-8-11-14-17-26-48-37-23-20-34(29-30(37)4)41-44-42(35-21-24-38(32(6)31(35)5)49-27-18-15-12-9-2)46-43(45-41)36-22-25-39(33(7)40(36)47)50-28-19-16-13-10-3/h20-25,29,47H,8-19,26-28H2,1-7H3. The Hall–Kier alpha value is -4.13. The van der Waals surface area contributed by atoms with Crippen LogP contribution >= 0.6 is 0 Å². The number of phenols is 1. The highest BCUT2D eigenvalue weighted by molar-refractivity contribution is 5.74. The fourth-order valence-corrected chi connectivity index (χ4v) is 6.04. The summed E-state index contributed by atoms with van der Waals surface area (Å²) in [5, 5.41) is 11.5. The molecular formula is C43H59N3O4. The maximum atomic E-state index is 11.5. The van der Waals surface area contributed by atoms with E-state index in [4.69, 9.17) is 29.2 Å². The van der Waals surface area contributed by atoms with Crippen molar-refractivity contribution in [2.24, 2.45) is 0 Å². The number of hydrogen-bond acceptors (Lipinski definition) is 7. The molecule has 0 fully saturated rings. The zero-order valence-corrected chi connectivity index (χ0v) is 31.7. The molecule has 7 heteroatoms. The molecule has 7 nitrogen and oxygen atoms in total. The van der Waals surface area contributed by atoms with Gasteiger partial charge in [0.05, 0.1) is 25.4 Å². The molecule has 0 bridgehead atoms. The summed E-state index contributed by atoms with van der Waals surface area (Å²) >= 11 is 0. The first-order chi connectivity index (χ1) is 24.3. The van der Waals surface area contributed by atoms with E-state index in [-0.39, 0.29) is 5.75 Å². The van der Waals surface area contributed by atoms with Gasteiger partial charge in [-0.05, 0) is 106 Å². The molecule has 50 heavy (non-hydrogen) atoms. The van der Waals surface area contributed by atoms with Crippen LogP contribution in [0.15, 0.2) is 42.5 Å². The Bertz CT molecular complexity index is 1580. The number of unbranched alkanes of at least 4 members (excludes halogenated alkanes) is 9. The Morgan fingerprint density at radius 2 is 0.940 bits per heavy atom. The first kappa shape index (κ1) is 38.7. The number of aryl methyl sites for hydroxylation is 1. The number of aromatic hydroxyl groups is 1. The molecule has 4 aromatic rings. The molecule has 0 aliphatic heterocycles. The zero-order chi connectivity index (χ0) is 35.9. The lowest BCUT2D eigenvalue weighted by molar-refractivity contribution is 0.301. The Morgan fingerprint density at radius 3 is 1.48 bits per heavy atom. The number of benzene rings is 3. The lowest BCUT2D eigenvalue weighted by atomic mass is 10.0. The van der Waals surface area contributed by atoms with Gasteiger partial charge in [0.2, 0.25) is 0 Å². The minimum Gasteiger partial charge on any atom is -0.507 e. The summed E-state index contributed by atoms with van der Waals surface area (Å²) in [4.78, 5) is 14.9. The average Bonchev–Trinajstić information content (AvgIpc) is 3.12. The molecule has 1 N–H and O–H groups in total. The van der Waals surface area contributed by atoms with Crippen molar-refractivity contribution in [1.29, 1.82) is 0 Å². The normalized spacial score (nSPS) is 11.2. The summed E-state index contributed by atoms with van der Waals surface area (Å²) in [5.41, 5.74) is 6.11. The lowest BCUT2D eigenvalue weighted by Crippen LogP contribution is -2.04. The monoisotopic (exact) mass is 681 g/mol. The van der Waals surface area contributed by atoms with E-state index in [0.29, 0.717) is 54.2 Å². The summed E-state index contributed by atoms with van der Waals surface area (Å²) < 4.78 is 18.4. The van der Waals surface area contributed by atoms with Crippen LogP contribution in [0, 0.1) is 27.7 Å². The number of hydrogen-bond donors (Lipinski definition) is 1. The molecule has 0 atom stereocenters. The van der Waals surface area contributed by atoms with Crippen LogP contribution in [0.2, 0.25) is 0 Å². The van der Waals surface area contributed by atoms with Gasteiger partial charge < -0.3 is 19.3 Å². The third kappa shape index (κ3) is 10.4. The largest absolute Gasteiger partial charge is 0.507 e. The van der Waals surface area contributed by atoms with Crippen molar-refractivity contribution in [3.05, 3.63) is 64.7 Å². The van der Waals surface area contributed by atoms with Crippen LogP contribution in [-0.4, -0.2) is 39.9 Å². The topological polar surface area (TPSA) is 86.6 Å². The number of phenolic OH excluding ortho intramolecular Hbond substituents is 1. The van der Waals surface area contributed by atoms with Crippen molar-refractivity contribution >= 4 is 0 Å². The van der Waals surface area contributed by atoms with E-state index >= 15 is 0 Å². The summed E-state index contributed by atoms with van der Waals surface area (Å²) in [5.74, 6) is 4.03. The average molecular weight is 682 g/mol. The van der Waals surface area contributed by atoms with Crippen molar-refractivity contribution in [1.82, 2.24) is 15.0 Å². The van der Waals surface area contributed by atoms with Crippen molar-refractivity contribution in [3.8, 4) is 57.2 Å². The molecule has 270 valence electrons. The second-order valence-electron chi connectivity index (χ2n) is 13.5. The van der Waals surface area contributed by atoms with Crippen molar-refractivity contribution < 1.29 is 19.3 Å². The van der Waals surface area contributed by atoms with Gasteiger partial charge in [0.1, 0.15) is 23.0 Å². The van der Waals surface area contributed by atoms with Gasteiger partial charge in [0, 0.05) is 16.7 Å². The summed E-state index contributed by atoms with van der Waals surface area (Å²) in [7, 11) is 0. The molecule has 0 saturated carbocycles. The van der Waals surface area contributed by atoms with E-state index in [1.807, 2.05) is 43.3 Å². The molecule has 1 heterocycles. The second-order valence-corrected chi connectivity index (χ2v) is 13.5. The van der Waals surface area contributed by atoms with Crippen molar-refractivity contribution in [2.45, 2.75) is 126 Å². The molecule has 0 radical (unpaired) electrons. The maximum Gasteiger partial charge on any atom is 0.167 e. The quantitative estimate of drug-likeness (QED) is 0.0876. The molecule has 0 unspecified atom stereocenters. The SMILES string of the molecule is CCCCCCOc1ccc(-c2nc(-c3ccc(OCCCCCC)c(C)c3C)nc(-c3ccc(OCCCCCC)c(C)c3O)n2)cc1C. The highest BCUT2D eigenvalue weighted by Gasteiger charge is 2.20. The van der Waals surface area contributed by atoms with Crippen molar-refractivity contribution in [2.75, 3.05) is 19.8 Å². The van der Waals surface area contributed by atoms with Gasteiger partial charge in [0.15, 0.2) is 17.5 Å². The molecule has 0 amide bonds. The first-order valence-corrected chi connectivity index (χ1v) is 19.0. The molecule has 4 rings (SSSR count). The van der Waals surface area contributed by atoms with Crippen LogP contribution in [0.25, 0.3) is 34.2 Å². The highest BCUT2D eigenvalue weighted by Crippen LogP contribution is 2.38. The third-order valence-electron chi connectivity index (χ3n) is 9.44. The summed E-state index contributed by atoms with van der Waals surface area (Å²) in [6, 6.07) is 13.9. The van der Waals surface area contributed by atoms with Gasteiger partial charge in [-0.2, -0.15) is 0 Å². The summed E-state index contributed by atoms with van der Waals surface area (Å²) in [6.45, 7) is 16.8. The Balaban J connectivity index is 1.71. The van der Waals surface area contributed by atoms with Gasteiger partial charge in [-0.15, -0.1) is 0 Å². The zero-order valence-electron chi connectivity index (χ0n) is 31.7. The van der Waals surface area contributed by atoms with E-state index in [1.165, 1.54) is 51.4 Å². The second kappa shape index (κ2) is 19.9.